The molecule has 4 aliphatic carbocycles. The SMILES string of the molecule is COc1cc(C(=O)OCCCCO[N+](=O)[O-])ccc1OC(=O)OCC(=O)[C@@]1(OC(=O)CCCO[N+](=O)[O-])CCC2C3CC=C4CC(=O)C=C[C@]4(C)[C@H]3[C@@H](O)C[C@@]21C. The molecule has 0 aromatic heterocycles. The molecule has 19 nitrogen and oxygen atoms in total. The molecule has 2 saturated carbocycles. The van der Waals surface area contributed by atoms with E-state index in [1.165, 1.54) is 25.3 Å². The first kappa shape index (κ1) is 42.6. The summed E-state index contributed by atoms with van der Waals surface area (Å²) < 4.78 is 27.1. The summed E-state index contributed by atoms with van der Waals surface area (Å²) in [6.45, 7) is 2.35. The maximum atomic E-state index is 14.4. The first-order chi connectivity index (χ1) is 27.0. The third kappa shape index (κ3) is 9.03. The van der Waals surface area contributed by atoms with Crippen LogP contribution in [0.4, 0.5) is 4.79 Å². The van der Waals surface area contributed by atoms with E-state index in [2.05, 4.69) is 9.68 Å². The van der Waals surface area contributed by atoms with Crippen molar-refractivity contribution in [2.45, 2.75) is 83.3 Å². The van der Waals surface area contributed by atoms with Crippen LogP contribution in [-0.4, -0.2) is 90.2 Å². The molecule has 0 saturated heterocycles. The highest BCUT2D eigenvalue weighted by Crippen LogP contribution is 2.67. The first-order valence-corrected chi connectivity index (χ1v) is 18.6. The van der Waals surface area contributed by atoms with Gasteiger partial charge in [-0.05, 0) is 81.1 Å². The van der Waals surface area contributed by atoms with Crippen LogP contribution >= 0.6 is 0 Å². The fraction of sp³-hybridized carbons (Fsp3) is 0.605. The zero-order valence-electron chi connectivity index (χ0n) is 31.8. The van der Waals surface area contributed by atoms with E-state index >= 15 is 0 Å². The Bertz CT molecular complexity index is 1830. The summed E-state index contributed by atoms with van der Waals surface area (Å²) in [5, 5.41) is 30.8. The molecular weight excluding hydrogens is 756 g/mol. The summed E-state index contributed by atoms with van der Waals surface area (Å²) in [6, 6.07) is 3.80. The molecule has 2 fully saturated rings. The van der Waals surface area contributed by atoms with E-state index in [-0.39, 0.29) is 98.9 Å². The van der Waals surface area contributed by atoms with Gasteiger partial charge in [-0.1, -0.05) is 31.6 Å². The van der Waals surface area contributed by atoms with Crippen LogP contribution in [0.2, 0.25) is 0 Å². The minimum Gasteiger partial charge on any atom is -0.493 e. The zero-order valence-corrected chi connectivity index (χ0v) is 31.8. The number of aliphatic hydroxyl groups is 1. The minimum absolute atomic E-state index is 0.0174. The predicted molar refractivity (Wildman–Crippen MR) is 191 cm³/mol. The lowest BCUT2D eigenvalue weighted by Crippen LogP contribution is -2.63. The van der Waals surface area contributed by atoms with Crippen molar-refractivity contribution < 1.29 is 72.6 Å². The standard InChI is InChI=1S/C38H46N2O17/c1-36-14-12-25(41)20-24(36)9-10-26-27-13-15-38(37(27,2)21-28(42)33(26)36,57-32(44)7-6-18-55-40(49)50)31(43)22-53-35(46)56-29-11-8-23(19-30(29)51-3)34(45)52-16-4-5-17-54-39(47)48/h8-9,11-12,14,19,26-28,33,42H,4-7,10,13,15-18,20-22H2,1-3H3/t26?,27?,28-,33+,36-,37-,38-/m0/s1. The average molecular weight is 803 g/mol. The number of allylic oxidation sites excluding steroid dienone is 4. The Morgan fingerprint density at radius 3 is 2.37 bits per heavy atom. The lowest BCUT2D eigenvalue weighted by Gasteiger charge is -2.59. The van der Waals surface area contributed by atoms with Gasteiger partial charge >= 0.3 is 18.1 Å². The second kappa shape index (κ2) is 17.7. The fourth-order valence-corrected chi connectivity index (χ4v) is 9.34. The van der Waals surface area contributed by atoms with Crippen LogP contribution < -0.4 is 9.47 Å². The molecule has 1 aromatic carbocycles. The van der Waals surface area contributed by atoms with Gasteiger partial charge in [0.25, 0.3) is 10.2 Å². The van der Waals surface area contributed by atoms with Gasteiger partial charge in [0.1, 0.15) is 0 Å². The quantitative estimate of drug-likeness (QED) is 0.0408. The number of ketones is 2. The molecule has 0 radical (unpaired) electrons. The molecule has 0 bridgehead atoms. The number of carbonyl (C=O) groups excluding carboxylic acids is 5. The lowest BCUT2D eigenvalue weighted by molar-refractivity contribution is -0.757. The van der Waals surface area contributed by atoms with E-state index < -0.39 is 63.2 Å². The van der Waals surface area contributed by atoms with Crippen molar-refractivity contribution in [3.63, 3.8) is 0 Å². The van der Waals surface area contributed by atoms with E-state index in [1.807, 2.05) is 19.1 Å². The van der Waals surface area contributed by atoms with Crippen LogP contribution in [0.1, 0.15) is 82.0 Å². The maximum absolute atomic E-state index is 14.4. The zero-order chi connectivity index (χ0) is 41.5. The van der Waals surface area contributed by atoms with E-state index in [4.69, 9.17) is 23.7 Å². The number of aliphatic hydroxyl groups excluding tert-OH is 1. The molecule has 0 heterocycles. The lowest BCUT2D eigenvalue weighted by atomic mass is 9.47. The van der Waals surface area contributed by atoms with Gasteiger partial charge in [0.2, 0.25) is 5.78 Å². The fourth-order valence-electron chi connectivity index (χ4n) is 9.34. The van der Waals surface area contributed by atoms with Crippen molar-refractivity contribution in [3.05, 3.63) is 67.8 Å². The first-order valence-electron chi connectivity index (χ1n) is 18.6. The molecule has 4 aliphatic rings. The third-order valence-corrected chi connectivity index (χ3v) is 11.9. The van der Waals surface area contributed by atoms with Gasteiger partial charge in [-0.25, -0.2) is 9.59 Å². The number of benzene rings is 1. The summed E-state index contributed by atoms with van der Waals surface area (Å²) in [4.78, 5) is 94.9. The maximum Gasteiger partial charge on any atom is 0.514 e. The van der Waals surface area contributed by atoms with E-state index in [9.17, 15) is 49.3 Å². The van der Waals surface area contributed by atoms with Gasteiger partial charge in [-0.2, -0.15) is 0 Å². The summed E-state index contributed by atoms with van der Waals surface area (Å²) in [5.74, 6) is -3.20. The molecule has 0 amide bonds. The number of nitrogens with zero attached hydrogens (tertiary/aromatic N) is 2. The van der Waals surface area contributed by atoms with Gasteiger partial charge < -0.3 is 38.5 Å². The van der Waals surface area contributed by atoms with E-state index in [1.54, 1.807) is 13.0 Å². The second-order valence-electron chi connectivity index (χ2n) is 15.0. The van der Waals surface area contributed by atoms with E-state index in [0.29, 0.717) is 19.3 Å². The summed E-state index contributed by atoms with van der Waals surface area (Å²) in [6.07, 6.45) is 4.70. The Hall–Kier alpha value is -5.59. The Labute approximate surface area is 326 Å². The minimum atomic E-state index is -1.85. The number of unbranched alkanes of at least 4 members (excludes halogenated alkanes) is 1. The van der Waals surface area contributed by atoms with Crippen molar-refractivity contribution in [2.24, 2.45) is 28.6 Å². The molecule has 5 rings (SSSR count). The molecule has 1 N–H and O–H groups in total. The number of methoxy groups -OCH3 is 1. The van der Waals surface area contributed by atoms with Crippen LogP contribution in [0.3, 0.4) is 0 Å². The van der Waals surface area contributed by atoms with Crippen LogP contribution in [0, 0.1) is 48.8 Å². The highest BCUT2D eigenvalue weighted by molar-refractivity contribution is 5.94. The smallest absolute Gasteiger partial charge is 0.493 e. The Kier molecular flexibility index (Phi) is 13.2. The average Bonchev–Trinajstić information content (AvgIpc) is 3.45. The highest BCUT2D eigenvalue weighted by Gasteiger charge is 2.70. The molecule has 0 aliphatic heterocycles. The monoisotopic (exact) mass is 802 g/mol. The largest absolute Gasteiger partial charge is 0.514 e. The molecule has 310 valence electrons. The highest BCUT2D eigenvalue weighted by atomic mass is 17.0. The van der Waals surface area contributed by atoms with Gasteiger partial charge in [0.15, 0.2) is 29.5 Å². The van der Waals surface area contributed by atoms with Crippen molar-refractivity contribution in [2.75, 3.05) is 33.5 Å². The summed E-state index contributed by atoms with van der Waals surface area (Å²) in [7, 11) is 1.26. The number of carbonyl (C=O) groups is 5. The Balaban J connectivity index is 1.29. The molecule has 1 aromatic rings. The molecule has 0 spiro atoms. The van der Waals surface area contributed by atoms with Crippen molar-refractivity contribution in [1.82, 2.24) is 0 Å². The Morgan fingerprint density at radius 1 is 0.965 bits per heavy atom. The van der Waals surface area contributed by atoms with Crippen LogP contribution in [0.5, 0.6) is 11.5 Å². The van der Waals surface area contributed by atoms with Crippen LogP contribution in [0.25, 0.3) is 0 Å². The number of fused-ring (bicyclic) bond motifs is 5. The van der Waals surface area contributed by atoms with Crippen LogP contribution in [0.15, 0.2) is 42.0 Å². The molecule has 57 heavy (non-hydrogen) atoms. The second-order valence-corrected chi connectivity index (χ2v) is 15.0. The van der Waals surface area contributed by atoms with Gasteiger partial charge in [-0.15, -0.1) is 20.2 Å². The predicted octanol–water partition coefficient (Wildman–Crippen LogP) is 4.47. The van der Waals surface area contributed by atoms with Crippen molar-refractivity contribution >= 4 is 29.7 Å². The van der Waals surface area contributed by atoms with Gasteiger partial charge in [0, 0.05) is 29.6 Å². The number of hydrogen-bond acceptors (Lipinski definition) is 17. The number of esters is 2. The van der Waals surface area contributed by atoms with Crippen molar-refractivity contribution in [1.29, 1.82) is 0 Å². The van der Waals surface area contributed by atoms with Crippen LogP contribution in [-0.2, 0) is 38.3 Å². The number of hydrogen-bond donors (Lipinski definition) is 1. The summed E-state index contributed by atoms with van der Waals surface area (Å²) in [5.41, 5.74) is -2.59. The van der Waals surface area contributed by atoms with Crippen molar-refractivity contribution in [3.8, 4) is 11.5 Å². The topological polar surface area (TPSA) is 256 Å². The van der Waals surface area contributed by atoms with E-state index in [0.717, 1.165) is 5.57 Å². The number of Topliss-reactive ketones (excluding diaryl/α,β-unsaturated/α-hetero) is 1. The Morgan fingerprint density at radius 2 is 1.67 bits per heavy atom. The normalized spacial score (nSPS) is 28.4. The van der Waals surface area contributed by atoms with Gasteiger partial charge in [-0.3, -0.25) is 14.4 Å². The molecule has 19 heteroatoms. The summed E-state index contributed by atoms with van der Waals surface area (Å²) >= 11 is 0. The number of ether oxygens (including phenoxy) is 5. The molecule has 7 atom stereocenters. The van der Waals surface area contributed by atoms with Gasteiger partial charge in [0.05, 0.1) is 38.6 Å². The third-order valence-electron chi connectivity index (χ3n) is 11.9. The number of rotatable bonds is 18. The molecular formula is C38H46N2O17. The molecule has 2 unspecified atom stereocenters.